The van der Waals surface area contributed by atoms with E-state index in [9.17, 15) is 22.4 Å². The molecule has 0 aliphatic carbocycles. The zero-order valence-corrected chi connectivity index (χ0v) is 24.4. The van der Waals surface area contributed by atoms with Crippen LogP contribution in [0, 0.1) is 19.7 Å². The van der Waals surface area contributed by atoms with Gasteiger partial charge in [-0.25, -0.2) is 12.8 Å². The molecule has 9 heteroatoms. The summed E-state index contributed by atoms with van der Waals surface area (Å²) in [5.74, 6) is -1.50. The SMILES string of the molecule is CCCCNC(=O)[C@H](Cc1ccccc1)N(Cc1ccccc1F)C(=O)CN(c1cc(C)cc(C)c1)S(C)(=O)=O. The lowest BCUT2D eigenvalue weighted by molar-refractivity contribution is -0.140. The molecule has 3 aromatic rings. The van der Waals surface area contributed by atoms with Gasteiger partial charge in [0.05, 0.1) is 11.9 Å². The first-order valence-electron chi connectivity index (χ1n) is 13.4. The number of carbonyl (C=O) groups is 2. The Morgan fingerprint density at radius 2 is 1.57 bits per heavy atom. The van der Waals surface area contributed by atoms with Crippen LogP contribution in [0.3, 0.4) is 0 Å². The summed E-state index contributed by atoms with van der Waals surface area (Å²) in [6, 6.07) is 19.6. The number of amides is 2. The lowest BCUT2D eigenvalue weighted by Gasteiger charge is -2.33. The van der Waals surface area contributed by atoms with E-state index in [2.05, 4.69) is 5.32 Å². The predicted molar refractivity (Wildman–Crippen MR) is 157 cm³/mol. The number of sulfonamides is 1. The largest absolute Gasteiger partial charge is 0.354 e. The third-order valence-corrected chi connectivity index (χ3v) is 7.71. The first kappa shape index (κ1) is 30.8. The molecule has 0 aliphatic rings. The molecule has 7 nitrogen and oxygen atoms in total. The molecular weight excluding hydrogens is 529 g/mol. The Bertz CT molecular complexity index is 1390. The highest BCUT2D eigenvalue weighted by atomic mass is 32.2. The fourth-order valence-corrected chi connectivity index (χ4v) is 5.41. The molecule has 3 aromatic carbocycles. The Kier molecular flexibility index (Phi) is 10.8. The first-order valence-corrected chi connectivity index (χ1v) is 15.2. The van der Waals surface area contributed by atoms with E-state index in [1.165, 1.54) is 11.0 Å². The van der Waals surface area contributed by atoms with E-state index >= 15 is 0 Å². The lowest BCUT2D eigenvalue weighted by atomic mass is 10.0. The van der Waals surface area contributed by atoms with Gasteiger partial charge in [0.1, 0.15) is 18.4 Å². The highest BCUT2D eigenvalue weighted by Gasteiger charge is 2.33. The fraction of sp³-hybridized carbons (Fsp3) is 0.355. The Hall–Kier alpha value is -3.72. The van der Waals surface area contributed by atoms with Crippen LogP contribution < -0.4 is 9.62 Å². The maximum absolute atomic E-state index is 14.8. The maximum atomic E-state index is 14.8. The Balaban J connectivity index is 2.06. The van der Waals surface area contributed by atoms with E-state index in [1.54, 1.807) is 30.3 Å². The molecule has 0 aliphatic heterocycles. The van der Waals surface area contributed by atoms with Gasteiger partial charge in [0, 0.05) is 25.1 Å². The molecule has 0 saturated heterocycles. The molecule has 0 fully saturated rings. The number of unbranched alkanes of at least 4 members (excludes halogenated alkanes) is 1. The second-order valence-electron chi connectivity index (χ2n) is 10.1. The summed E-state index contributed by atoms with van der Waals surface area (Å²) < 4.78 is 41.7. The molecule has 2 amide bonds. The van der Waals surface area contributed by atoms with Gasteiger partial charge in [-0.3, -0.25) is 13.9 Å². The average molecular weight is 568 g/mol. The van der Waals surface area contributed by atoms with Crippen LogP contribution in [0.2, 0.25) is 0 Å². The molecule has 0 heterocycles. The van der Waals surface area contributed by atoms with Crippen LogP contribution in [0.15, 0.2) is 72.8 Å². The van der Waals surface area contributed by atoms with Crippen LogP contribution in [-0.4, -0.2) is 50.5 Å². The summed E-state index contributed by atoms with van der Waals surface area (Å²) in [7, 11) is -3.87. The van der Waals surface area contributed by atoms with Crippen molar-refractivity contribution in [2.24, 2.45) is 0 Å². The molecule has 1 N–H and O–H groups in total. The summed E-state index contributed by atoms with van der Waals surface area (Å²) >= 11 is 0. The first-order chi connectivity index (χ1) is 19.0. The smallest absolute Gasteiger partial charge is 0.244 e. The second-order valence-corrected chi connectivity index (χ2v) is 12.0. The minimum absolute atomic E-state index is 0.182. The monoisotopic (exact) mass is 567 g/mol. The molecule has 0 spiro atoms. The number of aryl methyl sites for hydroxylation is 2. The lowest BCUT2D eigenvalue weighted by Crippen LogP contribution is -2.53. The Labute approximate surface area is 237 Å². The van der Waals surface area contributed by atoms with Crippen LogP contribution in [0.4, 0.5) is 10.1 Å². The number of hydrogen-bond acceptors (Lipinski definition) is 4. The van der Waals surface area contributed by atoms with Crippen LogP contribution >= 0.6 is 0 Å². The van der Waals surface area contributed by atoms with Gasteiger partial charge < -0.3 is 10.2 Å². The van der Waals surface area contributed by atoms with E-state index in [0.717, 1.165) is 40.1 Å². The van der Waals surface area contributed by atoms with Crippen molar-refractivity contribution >= 4 is 27.5 Å². The number of nitrogens with one attached hydrogen (secondary N) is 1. The summed E-state index contributed by atoms with van der Waals surface area (Å²) in [6.45, 7) is 5.40. The number of halogens is 1. The highest BCUT2D eigenvalue weighted by Crippen LogP contribution is 2.23. The maximum Gasteiger partial charge on any atom is 0.244 e. The van der Waals surface area contributed by atoms with Crippen molar-refractivity contribution in [3.63, 3.8) is 0 Å². The van der Waals surface area contributed by atoms with Crippen molar-refractivity contribution in [3.05, 3.63) is 101 Å². The second kappa shape index (κ2) is 14.1. The summed E-state index contributed by atoms with van der Waals surface area (Å²) in [5.41, 5.74) is 3.09. The summed E-state index contributed by atoms with van der Waals surface area (Å²) in [6.07, 6.45) is 2.86. The number of anilines is 1. The Morgan fingerprint density at radius 1 is 0.950 bits per heavy atom. The molecule has 0 unspecified atom stereocenters. The zero-order chi connectivity index (χ0) is 29.3. The third kappa shape index (κ3) is 8.64. The standard InChI is InChI=1S/C31H38FN3O4S/c1-5-6-16-33-31(37)29(20-25-12-8-7-9-13-25)34(21-26-14-10-11-15-28(26)32)30(36)22-35(40(4,38)39)27-18-23(2)17-24(3)19-27/h7-15,17-19,29H,5-6,16,20-22H2,1-4H3,(H,33,37)/t29-/m0/s1. The molecule has 1 atom stereocenters. The van der Waals surface area contributed by atoms with Crippen molar-refractivity contribution in [2.45, 2.75) is 52.6 Å². The van der Waals surface area contributed by atoms with Gasteiger partial charge in [0.2, 0.25) is 21.8 Å². The van der Waals surface area contributed by atoms with Crippen LogP contribution in [0.25, 0.3) is 0 Å². The summed E-state index contributed by atoms with van der Waals surface area (Å²) in [5, 5.41) is 2.91. The van der Waals surface area contributed by atoms with Crippen LogP contribution in [0.1, 0.15) is 42.0 Å². The molecule has 214 valence electrons. The van der Waals surface area contributed by atoms with Gasteiger partial charge in [0.25, 0.3) is 0 Å². The average Bonchev–Trinajstić information content (AvgIpc) is 2.89. The van der Waals surface area contributed by atoms with E-state index in [0.29, 0.717) is 12.2 Å². The van der Waals surface area contributed by atoms with Gasteiger partial charge in [-0.1, -0.05) is 67.9 Å². The fourth-order valence-electron chi connectivity index (χ4n) is 4.58. The van der Waals surface area contributed by atoms with Gasteiger partial charge in [-0.2, -0.15) is 0 Å². The van der Waals surface area contributed by atoms with E-state index in [4.69, 9.17) is 0 Å². The van der Waals surface area contributed by atoms with Crippen LogP contribution in [-0.2, 0) is 32.6 Å². The molecule has 0 aromatic heterocycles. The van der Waals surface area contributed by atoms with Gasteiger partial charge in [0.15, 0.2) is 0 Å². The quantitative estimate of drug-likeness (QED) is 0.302. The van der Waals surface area contributed by atoms with Gasteiger partial charge >= 0.3 is 0 Å². The van der Waals surface area contributed by atoms with Crippen molar-refractivity contribution in [2.75, 3.05) is 23.7 Å². The topological polar surface area (TPSA) is 86.8 Å². The molecule has 0 saturated carbocycles. The van der Waals surface area contributed by atoms with Crippen molar-refractivity contribution < 1.29 is 22.4 Å². The normalized spacial score (nSPS) is 12.0. The molecule has 3 rings (SSSR count). The van der Waals surface area contributed by atoms with E-state index in [1.807, 2.05) is 57.2 Å². The molecule has 0 radical (unpaired) electrons. The number of hydrogen-bond donors (Lipinski definition) is 1. The number of benzene rings is 3. The number of carbonyl (C=O) groups excluding carboxylic acids is 2. The minimum atomic E-state index is -3.87. The number of nitrogens with zero attached hydrogens (tertiary/aromatic N) is 2. The highest BCUT2D eigenvalue weighted by molar-refractivity contribution is 7.92. The molecule has 0 bridgehead atoms. The zero-order valence-electron chi connectivity index (χ0n) is 23.6. The Morgan fingerprint density at radius 3 is 2.17 bits per heavy atom. The number of rotatable bonds is 13. The van der Waals surface area contributed by atoms with Crippen molar-refractivity contribution in [3.8, 4) is 0 Å². The van der Waals surface area contributed by atoms with E-state index < -0.39 is 34.3 Å². The van der Waals surface area contributed by atoms with Crippen LogP contribution in [0.5, 0.6) is 0 Å². The predicted octanol–water partition coefficient (Wildman–Crippen LogP) is 4.76. The molecule has 40 heavy (non-hydrogen) atoms. The third-order valence-electron chi connectivity index (χ3n) is 6.57. The van der Waals surface area contributed by atoms with Gasteiger partial charge in [-0.05, 0) is 55.2 Å². The molecular formula is C31H38FN3O4S. The van der Waals surface area contributed by atoms with Crippen molar-refractivity contribution in [1.82, 2.24) is 10.2 Å². The summed E-state index contributed by atoms with van der Waals surface area (Å²) in [4.78, 5) is 28.9. The van der Waals surface area contributed by atoms with Gasteiger partial charge in [-0.15, -0.1) is 0 Å². The van der Waals surface area contributed by atoms with Crippen molar-refractivity contribution in [1.29, 1.82) is 0 Å². The van der Waals surface area contributed by atoms with E-state index in [-0.39, 0.29) is 24.4 Å². The minimum Gasteiger partial charge on any atom is -0.354 e.